The number of carboxylic acid groups (broad SMARTS) is 1. The van der Waals surface area contributed by atoms with Crippen LogP contribution in [-0.2, 0) is 9.59 Å². The number of hydrogen-bond donors (Lipinski definition) is 1. The van der Waals surface area contributed by atoms with Crippen molar-refractivity contribution in [2.45, 2.75) is 25.3 Å². The van der Waals surface area contributed by atoms with Gasteiger partial charge in [-0.2, -0.15) is 0 Å². The molecule has 1 unspecified atom stereocenters. The highest BCUT2D eigenvalue weighted by Gasteiger charge is 2.40. The van der Waals surface area contributed by atoms with Gasteiger partial charge in [0.2, 0.25) is 5.91 Å². The number of carbonyl (C=O) groups excluding carboxylic acids is 2. The third kappa shape index (κ3) is 2.32. The quantitative estimate of drug-likeness (QED) is 0.761. The molecule has 20 heavy (non-hydrogen) atoms. The topological polar surface area (TPSA) is 81.2 Å². The van der Waals surface area contributed by atoms with Crippen LogP contribution in [0, 0.1) is 5.92 Å². The van der Waals surface area contributed by atoms with Crippen molar-refractivity contribution in [1.82, 2.24) is 14.7 Å². The van der Waals surface area contributed by atoms with E-state index in [-0.39, 0.29) is 30.3 Å². The number of amides is 3. The van der Waals surface area contributed by atoms with Crippen LogP contribution >= 0.6 is 0 Å². The summed E-state index contributed by atoms with van der Waals surface area (Å²) in [6.45, 7) is 2.90. The summed E-state index contributed by atoms with van der Waals surface area (Å²) in [5.41, 5.74) is 0. The predicted octanol–water partition coefficient (Wildman–Crippen LogP) is -0.181. The molecule has 7 heteroatoms. The summed E-state index contributed by atoms with van der Waals surface area (Å²) in [6.07, 6.45) is 1.57. The monoisotopic (exact) mass is 281 g/mol. The maximum Gasteiger partial charge on any atom is 0.320 e. The molecule has 3 amide bonds. The molecule has 0 aromatic carbocycles. The van der Waals surface area contributed by atoms with Crippen molar-refractivity contribution in [3.8, 4) is 0 Å². The first kappa shape index (κ1) is 13.2. The maximum atomic E-state index is 12.3. The number of fused-ring (bicyclic) bond motifs is 1. The zero-order chi connectivity index (χ0) is 14.3. The van der Waals surface area contributed by atoms with Crippen LogP contribution in [0.5, 0.6) is 0 Å². The van der Waals surface area contributed by atoms with Gasteiger partial charge in [-0.25, -0.2) is 4.79 Å². The van der Waals surface area contributed by atoms with E-state index in [1.165, 1.54) is 0 Å². The van der Waals surface area contributed by atoms with Crippen LogP contribution in [0.15, 0.2) is 0 Å². The van der Waals surface area contributed by atoms with E-state index >= 15 is 0 Å². The van der Waals surface area contributed by atoms with E-state index in [0.717, 1.165) is 6.42 Å². The Morgan fingerprint density at radius 1 is 1.15 bits per heavy atom. The molecule has 0 spiro atoms. The Kier molecular flexibility index (Phi) is 3.27. The van der Waals surface area contributed by atoms with Crippen molar-refractivity contribution >= 4 is 17.9 Å². The van der Waals surface area contributed by atoms with Gasteiger partial charge in [0.05, 0.1) is 6.42 Å². The minimum absolute atomic E-state index is 0.00867. The van der Waals surface area contributed by atoms with Crippen molar-refractivity contribution in [2.75, 3.05) is 32.7 Å². The van der Waals surface area contributed by atoms with E-state index in [9.17, 15) is 14.4 Å². The van der Waals surface area contributed by atoms with Gasteiger partial charge < -0.3 is 19.8 Å². The fourth-order valence-corrected chi connectivity index (χ4v) is 3.34. The second-order valence-electron chi connectivity index (χ2n) is 5.88. The zero-order valence-electron chi connectivity index (χ0n) is 11.3. The number of aliphatic carboxylic acids is 1. The molecule has 3 aliphatic rings. The lowest BCUT2D eigenvalue weighted by molar-refractivity contribution is -0.139. The number of hydrogen-bond acceptors (Lipinski definition) is 3. The molecular weight excluding hydrogens is 262 g/mol. The van der Waals surface area contributed by atoms with Crippen LogP contribution < -0.4 is 0 Å². The summed E-state index contributed by atoms with van der Waals surface area (Å²) in [5.74, 6) is -0.515. The molecular formula is C13H19N3O4. The summed E-state index contributed by atoms with van der Waals surface area (Å²) >= 11 is 0. The number of carboxylic acids is 1. The molecule has 0 aromatic heterocycles. The standard InChI is InChI=1S/C13H19N3O4/c17-11-2-1-10-8-14(3-4-16(10)11)13(20)15-6-9(7-15)5-12(18)19/h9-10H,1-8H2,(H,18,19). The van der Waals surface area contributed by atoms with Crippen molar-refractivity contribution in [1.29, 1.82) is 0 Å². The average Bonchev–Trinajstić information content (AvgIpc) is 2.73. The SMILES string of the molecule is O=C(O)CC1CN(C(=O)N2CCN3C(=O)CCC3C2)C1. The summed E-state index contributed by atoms with van der Waals surface area (Å²) < 4.78 is 0. The lowest BCUT2D eigenvalue weighted by Gasteiger charge is -2.44. The largest absolute Gasteiger partial charge is 0.481 e. The van der Waals surface area contributed by atoms with E-state index in [4.69, 9.17) is 5.11 Å². The van der Waals surface area contributed by atoms with Gasteiger partial charge in [-0.15, -0.1) is 0 Å². The number of nitrogens with zero attached hydrogens (tertiary/aromatic N) is 3. The Labute approximate surface area is 117 Å². The van der Waals surface area contributed by atoms with E-state index in [1.807, 2.05) is 4.90 Å². The number of piperazine rings is 1. The molecule has 3 heterocycles. The molecule has 1 atom stereocenters. The fourth-order valence-electron chi connectivity index (χ4n) is 3.34. The highest BCUT2D eigenvalue weighted by molar-refractivity contribution is 5.80. The highest BCUT2D eigenvalue weighted by atomic mass is 16.4. The molecule has 0 radical (unpaired) electrons. The molecule has 3 fully saturated rings. The van der Waals surface area contributed by atoms with Crippen LogP contribution in [0.25, 0.3) is 0 Å². The summed E-state index contributed by atoms with van der Waals surface area (Å²) in [6, 6.07) is 0.168. The van der Waals surface area contributed by atoms with Gasteiger partial charge in [0.25, 0.3) is 0 Å². The first-order chi connectivity index (χ1) is 9.54. The smallest absolute Gasteiger partial charge is 0.320 e. The second-order valence-corrected chi connectivity index (χ2v) is 5.88. The van der Waals surface area contributed by atoms with Crippen LogP contribution in [0.2, 0.25) is 0 Å². The van der Waals surface area contributed by atoms with Gasteiger partial charge in [-0.1, -0.05) is 0 Å². The Bertz CT molecular complexity index is 447. The molecule has 0 saturated carbocycles. The number of carbonyl (C=O) groups is 3. The summed E-state index contributed by atoms with van der Waals surface area (Å²) in [7, 11) is 0. The van der Waals surface area contributed by atoms with Gasteiger partial charge in [-0.05, 0) is 6.42 Å². The maximum absolute atomic E-state index is 12.3. The molecule has 1 N–H and O–H groups in total. The molecule has 0 aromatic rings. The third-order valence-corrected chi connectivity index (χ3v) is 4.46. The van der Waals surface area contributed by atoms with Crippen molar-refractivity contribution in [3.05, 3.63) is 0 Å². The Balaban J connectivity index is 1.50. The minimum atomic E-state index is -0.805. The van der Waals surface area contributed by atoms with Crippen molar-refractivity contribution in [3.63, 3.8) is 0 Å². The average molecular weight is 281 g/mol. The minimum Gasteiger partial charge on any atom is -0.481 e. The predicted molar refractivity (Wildman–Crippen MR) is 69.0 cm³/mol. The fraction of sp³-hybridized carbons (Fsp3) is 0.769. The number of urea groups is 1. The molecule has 110 valence electrons. The van der Waals surface area contributed by atoms with E-state index in [1.54, 1.807) is 9.80 Å². The van der Waals surface area contributed by atoms with E-state index in [0.29, 0.717) is 39.1 Å². The van der Waals surface area contributed by atoms with Crippen LogP contribution in [0.3, 0.4) is 0 Å². The molecule has 3 rings (SSSR count). The van der Waals surface area contributed by atoms with Crippen LogP contribution in [0.1, 0.15) is 19.3 Å². The van der Waals surface area contributed by atoms with Crippen LogP contribution in [-0.4, -0.2) is 76.5 Å². The van der Waals surface area contributed by atoms with Crippen molar-refractivity contribution < 1.29 is 19.5 Å². The lowest BCUT2D eigenvalue weighted by atomic mass is 9.97. The van der Waals surface area contributed by atoms with Crippen molar-refractivity contribution in [2.24, 2.45) is 5.92 Å². The van der Waals surface area contributed by atoms with E-state index in [2.05, 4.69) is 0 Å². The lowest BCUT2D eigenvalue weighted by Crippen LogP contribution is -2.60. The Hall–Kier alpha value is -1.79. The van der Waals surface area contributed by atoms with Gasteiger partial charge >= 0.3 is 12.0 Å². The number of likely N-dealkylation sites (tertiary alicyclic amines) is 1. The van der Waals surface area contributed by atoms with E-state index < -0.39 is 5.97 Å². The van der Waals surface area contributed by atoms with Crippen LogP contribution in [0.4, 0.5) is 4.79 Å². The van der Waals surface area contributed by atoms with Gasteiger partial charge in [0.15, 0.2) is 0 Å². The second kappa shape index (κ2) is 4.96. The normalized spacial score (nSPS) is 26.5. The number of rotatable bonds is 2. The summed E-state index contributed by atoms with van der Waals surface area (Å²) in [4.78, 5) is 39.8. The Morgan fingerprint density at radius 3 is 2.60 bits per heavy atom. The van der Waals surface area contributed by atoms with Gasteiger partial charge in [0, 0.05) is 51.1 Å². The molecule has 3 saturated heterocycles. The molecule has 7 nitrogen and oxygen atoms in total. The molecule has 0 aliphatic carbocycles. The third-order valence-electron chi connectivity index (χ3n) is 4.46. The highest BCUT2D eigenvalue weighted by Crippen LogP contribution is 2.25. The Morgan fingerprint density at radius 2 is 1.90 bits per heavy atom. The first-order valence-corrected chi connectivity index (χ1v) is 7.09. The first-order valence-electron chi connectivity index (χ1n) is 7.09. The zero-order valence-corrected chi connectivity index (χ0v) is 11.3. The molecule has 3 aliphatic heterocycles. The molecule has 0 bridgehead atoms. The van der Waals surface area contributed by atoms with Gasteiger partial charge in [0.1, 0.15) is 0 Å². The van der Waals surface area contributed by atoms with Gasteiger partial charge in [-0.3, -0.25) is 9.59 Å². The summed E-state index contributed by atoms with van der Waals surface area (Å²) in [5, 5.41) is 8.70.